The number of anilines is 2. The van der Waals surface area contributed by atoms with E-state index >= 15 is 0 Å². The summed E-state index contributed by atoms with van der Waals surface area (Å²) in [4.78, 5) is 4.38. The topological polar surface area (TPSA) is 81.2 Å². The van der Waals surface area contributed by atoms with Gasteiger partial charge in [0.25, 0.3) is 0 Å². The largest absolute Gasteiger partial charge is 0.454 e. The molecule has 0 fully saturated rings. The van der Waals surface area contributed by atoms with Crippen molar-refractivity contribution in [3.63, 3.8) is 0 Å². The number of fused-ring (bicyclic) bond motifs is 1. The van der Waals surface area contributed by atoms with Crippen LogP contribution in [0.25, 0.3) is 0 Å². The second kappa shape index (κ2) is 6.93. The maximum absolute atomic E-state index is 5.36. The average Bonchev–Trinajstić information content (AvgIpc) is 3.01. The van der Waals surface area contributed by atoms with Gasteiger partial charge in [-0.2, -0.15) is 10.1 Å². The highest BCUT2D eigenvalue weighted by atomic mass is 16.7. The molecule has 1 aromatic heterocycles. The van der Waals surface area contributed by atoms with Gasteiger partial charge in [-0.25, -0.2) is 0 Å². The normalized spacial score (nSPS) is 12.2. The van der Waals surface area contributed by atoms with E-state index in [-0.39, 0.29) is 6.79 Å². The van der Waals surface area contributed by atoms with E-state index in [2.05, 4.69) is 32.7 Å². The zero-order valence-corrected chi connectivity index (χ0v) is 12.5. The van der Waals surface area contributed by atoms with Crippen molar-refractivity contribution < 1.29 is 9.47 Å². The summed E-state index contributed by atoms with van der Waals surface area (Å²) in [6.07, 6.45) is 3.87. The Balaban J connectivity index is 1.58. The van der Waals surface area contributed by atoms with Crippen LogP contribution < -0.4 is 20.1 Å². The molecule has 0 aliphatic carbocycles. The summed E-state index contributed by atoms with van der Waals surface area (Å²) in [5.41, 5.74) is 1.07. The van der Waals surface area contributed by atoms with Crippen molar-refractivity contribution in [2.24, 2.45) is 0 Å². The molecule has 1 aliphatic heterocycles. The van der Waals surface area contributed by atoms with Crippen molar-refractivity contribution in [2.75, 3.05) is 24.0 Å². The Morgan fingerprint density at radius 1 is 1.18 bits per heavy atom. The van der Waals surface area contributed by atoms with Crippen LogP contribution in [0.1, 0.15) is 25.3 Å². The molecule has 0 unspecified atom stereocenters. The number of unbranched alkanes of at least 4 members (excludes halogenated alkanes) is 1. The van der Waals surface area contributed by atoms with Gasteiger partial charge in [0, 0.05) is 13.1 Å². The fourth-order valence-electron chi connectivity index (χ4n) is 2.09. The van der Waals surface area contributed by atoms with Crippen LogP contribution in [0.15, 0.2) is 24.4 Å². The molecule has 1 aliphatic rings. The quantitative estimate of drug-likeness (QED) is 0.760. The van der Waals surface area contributed by atoms with Crippen LogP contribution in [0.4, 0.5) is 11.8 Å². The molecule has 0 spiro atoms. The molecule has 22 heavy (non-hydrogen) atoms. The van der Waals surface area contributed by atoms with Gasteiger partial charge >= 0.3 is 0 Å². The summed E-state index contributed by atoms with van der Waals surface area (Å²) in [5, 5.41) is 14.3. The lowest BCUT2D eigenvalue weighted by atomic mass is 10.2. The molecule has 2 heterocycles. The predicted molar refractivity (Wildman–Crippen MR) is 83.1 cm³/mol. The average molecular weight is 301 g/mol. The molecule has 7 nitrogen and oxygen atoms in total. The third-order valence-electron chi connectivity index (χ3n) is 3.28. The summed E-state index contributed by atoms with van der Waals surface area (Å²) < 4.78 is 10.7. The highest BCUT2D eigenvalue weighted by molar-refractivity contribution is 5.45. The van der Waals surface area contributed by atoms with E-state index in [4.69, 9.17) is 9.47 Å². The van der Waals surface area contributed by atoms with E-state index in [0.717, 1.165) is 42.3 Å². The van der Waals surface area contributed by atoms with Crippen molar-refractivity contribution in [1.29, 1.82) is 0 Å². The second-order valence-electron chi connectivity index (χ2n) is 4.99. The number of nitrogens with zero attached hydrogens (tertiary/aromatic N) is 3. The first kappa shape index (κ1) is 14.4. The van der Waals surface area contributed by atoms with Gasteiger partial charge in [0.15, 0.2) is 11.5 Å². The number of hydrogen-bond acceptors (Lipinski definition) is 7. The maximum atomic E-state index is 5.36. The summed E-state index contributed by atoms with van der Waals surface area (Å²) in [6.45, 7) is 3.91. The third-order valence-corrected chi connectivity index (χ3v) is 3.28. The van der Waals surface area contributed by atoms with Crippen LogP contribution in [0.3, 0.4) is 0 Å². The van der Waals surface area contributed by atoms with Gasteiger partial charge in [-0.1, -0.05) is 19.4 Å². The van der Waals surface area contributed by atoms with Gasteiger partial charge in [-0.3, -0.25) is 0 Å². The summed E-state index contributed by atoms with van der Waals surface area (Å²) in [5.74, 6) is 2.79. The number of nitrogens with one attached hydrogen (secondary N) is 2. The van der Waals surface area contributed by atoms with Crippen molar-refractivity contribution in [3.05, 3.63) is 30.0 Å². The molecule has 1 aromatic carbocycles. The Morgan fingerprint density at radius 2 is 2.09 bits per heavy atom. The van der Waals surface area contributed by atoms with Gasteiger partial charge in [-0.05, 0) is 24.1 Å². The van der Waals surface area contributed by atoms with Gasteiger partial charge in [0.1, 0.15) is 5.82 Å². The minimum absolute atomic E-state index is 0.282. The minimum Gasteiger partial charge on any atom is -0.454 e. The summed E-state index contributed by atoms with van der Waals surface area (Å²) >= 11 is 0. The Hall–Kier alpha value is -2.57. The summed E-state index contributed by atoms with van der Waals surface area (Å²) in [7, 11) is 0. The van der Waals surface area contributed by atoms with E-state index in [1.54, 1.807) is 6.20 Å². The van der Waals surface area contributed by atoms with Crippen LogP contribution in [-0.4, -0.2) is 28.5 Å². The smallest absolute Gasteiger partial charge is 0.244 e. The molecule has 2 N–H and O–H groups in total. The molecule has 116 valence electrons. The molecule has 0 radical (unpaired) electrons. The molecule has 0 bridgehead atoms. The zero-order valence-electron chi connectivity index (χ0n) is 12.5. The first-order valence-electron chi connectivity index (χ1n) is 7.41. The lowest BCUT2D eigenvalue weighted by molar-refractivity contribution is 0.174. The number of ether oxygens (including phenoxy) is 2. The molecule has 7 heteroatoms. The predicted octanol–water partition coefficient (Wildman–Crippen LogP) is 2.42. The SMILES string of the molecule is CCCCNc1cnnc(NCc2ccc3c(c2)OCO3)n1. The van der Waals surface area contributed by atoms with E-state index in [9.17, 15) is 0 Å². The van der Waals surface area contributed by atoms with Crippen LogP contribution in [0.2, 0.25) is 0 Å². The van der Waals surface area contributed by atoms with Gasteiger partial charge in [-0.15, -0.1) is 5.10 Å². The van der Waals surface area contributed by atoms with Gasteiger partial charge in [0.2, 0.25) is 12.7 Å². The van der Waals surface area contributed by atoms with Crippen molar-refractivity contribution in [3.8, 4) is 11.5 Å². The molecular weight excluding hydrogens is 282 g/mol. The Labute approximate surface area is 129 Å². The van der Waals surface area contributed by atoms with Gasteiger partial charge in [0.05, 0.1) is 6.20 Å². The minimum atomic E-state index is 0.282. The van der Waals surface area contributed by atoms with Crippen molar-refractivity contribution in [1.82, 2.24) is 15.2 Å². The fourth-order valence-corrected chi connectivity index (χ4v) is 2.09. The molecule has 0 saturated carbocycles. The lowest BCUT2D eigenvalue weighted by Gasteiger charge is -2.07. The third kappa shape index (κ3) is 3.55. The molecular formula is C15H19N5O2. The standard InChI is InChI=1S/C15H19N5O2/c1-2-3-6-16-14-9-18-20-15(19-14)17-8-11-4-5-12-13(7-11)22-10-21-12/h4-5,7,9H,2-3,6,8,10H2,1H3,(H2,16,17,19,20). The molecule has 2 aromatic rings. The van der Waals surface area contributed by atoms with E-state index in [1.807, 2.05) is 18.2 Å². The first-order chi connectivity index (χ1) is 10.8. The van der Waals surface area contributed by atoms with Crippen LogP contribution in [-0.2, 0) is 6.54 Å². The van der Waals surface area contributed by atoms with E-state index in [0.29, 0.717) is 12.5 Å². The number of rotatable bonds is 7. The van der Waals surface area contributed by atoms with Crippen LogP contribution in [0, 0.1) is 0 Å². The number of benzene rings is 1. The lowest BCUT2D eigenvalue weighted by Crippen LogP contribution is -2.08. The highest BCUT2D eigenvalue weighted by Crippen LogP contribution is 2.32. The van der Waals surface area contributed by atoms with Crippen molar-refractivity contribution >= 4 is 11.8 Å². The second-order valence-corrected chi connectivity index (χ2v) is 4.99. The molecule has 3 rings (SSSR count). The highest BCUT2D eigenvalue weighted by Gasteiger charge is 2.13. The maximum Gasteiger partial charge on any atom is 0.244 e. The number of hydrogen-bond donors (Lipinski definition) is 2. The fraction of sp³-hybridized carbons (Fsp3) is 0.400. The van der Waals surface area contributed by atoms with Crippen molar-refractivity contribution in [2.45, 2.75) is 26.3 Å². The van der Waals surface area contributed by atoms with Crippen LogP contribution >= 0.6 is 0 Å². The molecule has 0 saturated heterocycles. The first-order valence-corrected chi connectivity index (χ1v) is 7.41. The number of aromatic nitrogens is 3. The van der Waals surface area contributed by atoms with Crippen LogP contribution in [0.5, 0.6) is 11.5 Å². The monoisotopic (exact) mass is 301 g/mol. The Morgan fingerprint density at radius 3 is 3.00 bits per heavy atom. The Kier molecular flexibility index (Phi) is 4.53. The molecule has 0 amide bonds. The summed E-state index contributed by atoms with van der Waals surface area (Å²) in [6, 6.07) is 5.84. The molecule has 0 atom stereocenters. The Bertz CT molecular complexity index is 635. The van der Waals surface area contributed by atoms with E-state index in [1.165, 1.54) is 0 Å². The van der Waals surface area contributed by atoms with E-state index < -0.39 is 0 Å². The van der Waals surface area contributed by atoms with Gasteiger partial charge < -0.3 is 20.1 Å². The zero-order chi connectivity index (χ0) is 15.2.